The molecule has 1 heterocycles. The van der Waals surface area contributed by atoms with Gasteiger partial charge in [0.15, 0.2) is 0 Å². The van der Waals surface area contributed by atoms with Gasteiger partial charge in [-0.3, -0.25) is 0 Å². The fraction of sp³-hybridized carbons (Fsp3) is 0.571. The highest BCUT2D eigenvalue weighted by Crippen LogP contribution is 2.17. The van der Waals surface area contributed by atoms with E-state index >= 15 is 0 Å². The highest BCUT2D eigenvalue weighted by molar-refractivity contribution is 5.67. The Kier molecular flexibility index (Phi) is 5.92. The number of nitrogen functional groups attached to an aromatic ring is 1. The first kappa shape index (κ1) is 17.2. The van der Waals surface area contributed by atoms with Gasteiger partial charge in [-0.15, -0.1) is 0 Å². The minimum atomic E-state index is -1.16. The number of ether oxygens (including phenoxy) is 1. The molecule has 0 aliphatic heterocycles. The summed E-state index contributed by atoms with van der Waals surface area (Å²) < 4.78 is 5.06. The van der Waals surface area contributed by atoms with Crippen molar-refractivity contribution in [3.63, 3.8) is 0 Å². The first-order valence-electron chi connectivity index (χ1n) is 6.74. The van der Waals surface area contributed by atoms with E-state index in [0.29, 0.717) is 5.69 Å². The van der Waals surface area contributed by atoms with Crippen LogP contribution in [0.1, 0.15) is 39.0 Å². The van der Waals surface area contributed by atoms with E-state index in [1.54, 1.807) is 39.0 Å². The Labute approximate surface area is 124 Å². The number of aliphatic hydroxyl groups excluding tert-OH is 2. The molecule has 2 atom stereocenters. The Morgan fingerprint density at radius 2 is 2.10 bits per heavy atom. The monoisotopic (exact) mass is 297 g/mol. The van der Waals surface area contributed by atoms with Crippen molar-refractivity contribution in [1.82, 2.24) is 10.3 Å². The second-order valence-electron chi connectivity index (χ2n) is 5.72. The van der Waals surface area contributed by atoms with Crippen LogP contribution in [0.5, 0.6) is 0 Å². The van der Waals surface area contributed by atoms with E-state index in [2.05, 4.69) is 10.3 Å². The lowest BCUT2D eigenvalue weighted by Crippen LogP contribution is -2.34. The summed E-state index contributed by atoms with van der Waals surface area (Å²) in [7, 11) is 0. The van der Waals surface area contributed by atoms with Crippen LogP contribution >= 0.6 is 0 Å². The molecule has 0 radical (unpaired) electrons. The molecular weight excluding hydrogens is 274 g/mol. The molecule has 0 aliphatic rings. The fourth-order valence-electron chi connectivity index (χ4n) is 1.62. The maximum Gasteiger partial charge on any atom is 0.407 e. The van der Waals surface area contributed by atoms with Gasteiger partial charge in [-0.05, 0) is 39.3 Å². The number of anilines is 1. The number of nitrogens with two attached hydrogens (primary N) is 1. The van der Waals surface area contributed by atoms with E-state index in [4.69, 9.17) is 10.5 Å². The summed E-state index contributed by atoms with van der Waals surface area (Å²) in [5.74, 6) is 0.269. The number of pyridine rings is 1. The third-order valence-electron chi connectivity index (χ3n) is 2.57. The standard InChI is InChI=1S/C14H23N3O4/c1-14(2,3)21-13(20)16-8-7-10(18)12(19)9-5-4-6-11(15)17-9/h4-6,10,12,18-19H,7-8H2,1-3H3,(H2,15,17)(H,16,20). The van der Waals surface area contributed by atoms with Gasteiger partial charge in [0, 0.05) is 6.54 Å². The fourth-order valence-corrected chi connectivity index (χ4v) is 1.62. The van der Waals surface area contributed by atoms with Crippen molar-refractivity contribution in [3.8, 4) is 0 Å². The average Bonchev–Trinajstić information content (AvgIpc) is 2.35. The molecule has 1 rings (SSSR count). The summed E-state index contributed by atoms with van der Waals surface area (Å²) in [6.07, 6.45) is -2.62. The molecular formula is C14H23N3O4. The van der Waals surface area contributed by atoms with Crippen molar-refractivity contribution in [3.05, 3.63) is 23.9 Å². The van der Waals surface area contributed by atoms with Gasteiger partial charge >= 0.3 is 6.09 Å². The summed E-state index contributed by atoms with van der Waals surface area (Å²) in [5, 5.41) is 22.3. The predicted octanol–water partition coefficient (Wildman–Crippen LogP) is 0.973. The molecule has 1 aromatic rings. The summed E-state index contributed by atoms with van der Waals surface area (Å²) in [6, 6.07) is 4.81. The summed E-state index contributed by atoms with van der Waals surface area (Å²) >= 11 is 0. The number of aromatic nitrogens is 1. The molecule has 5 N–H and O–H groups in total. The van der Waals surface area contributed by atoms with E-state index in [0.717, 1.165) is 0 Å². The number of nitrogens with one attached hydrogen (secondary N) is 1. The number of aliphatic hydroxyl groups is 2. The molecule has 2 unspecified atom stereocenters. The first-order chi connectivity index (χ1) is 9.69. The zero-order valence-corrected chi connectivity index (χ0v) is 12.5. The van der Waals surface area contributed by atoms with Gasteiger partial charge in [0.2, 0.25) is 0 Å². The van der Waals surface area contributed by atoms with E-state index in [-0.39, 0.29) is 18.8 Å². The smallest absolute Gasteiger partial charge is 0.407 e. The van der Waals surface area contributed by atoms with Gasteiger partial charge < -0.3 is 26.0 Å². The van der Waals surface area contributed by atoms with E-state index < -0.39 is 23.9 Å². The molecule has 0 spiro atoms. The lowest BCUT2D eigenvalue weighted by atomic mass is 10.1. The predicted molar refractivity (Wildman–Crippen MR) is 78.5 cm³/mol. The number of hydrogen-bond acceptors (Lipinski definition) is 6. The molecule has 0 saturated carbocycles. The Balaban J connectivity index is 2.40. The van der Waals surface area contributed by atoms with Crippen molar-refractivity contribution >= 4 is 11.9 Å². The van der Waals surface area contributed by atoms with Gasteiger partial charge in [0.25, 0.3) is 0 Å². The lowest BCUT2D eigenvalue weighted by molar-refractivity contribution is 0.0100. The Morgan fingerprint density at radius 1 is 1.43 bits per heavy atom. The topological polar surface area (TPSA) is 118 Å². The lowest BCUT2D eigenvalue weighted by Gasteiger charge is -2.21. The highest BCUT2D eigenvalue weighted by atomic mass is 16.6. The number of alkyl carbamates (subject to hydrolysis) is 1. The number of nitrogens with zero attached hydrogens (tertiary/aromatic N) is 1. The van der Waals surface area contributed by atoms with Crippen LogP contribution in [0.4, 0.5) is 10.6 Å². The molecule has 1 aromatic heterocycles. The Bertz CT molecular complexity index is 474. The van der Waals surface area contributed by atoms with Crippen LogP contribution in [0.15, 0.2) is 18.2 Å². The molecule has 0 aliphatic carbocycles. The van der Waals surface area contributed by atoms with E-state index in [1.807, 2.05) is 0 Å². The van der Waals surface area contributed by atoms with Crippen molar-refractivity contribution < 1.29 is 19.7 Å². The second kappa shape index (κ2) is 7.24. The molecule has 0 aromatic carbocycles. The molecule has 0 bridgehead atoms. The van der Waals surface area contributed by atoms with E-state index in [9.17, 15) is 15.0 Å². The summed E-state index contributed by atoms with van der Waals surface area (Å²) in [4.78, 5) is 15.4. The Morgan fingerprint density at radius 3 is 2.67 bits per heavy atom. The quantitative estimate of drug-likeness (QED) is 0.643. The van der Waals surface area contributed by atoms with Crippen LogP contribution in [0.3, 0.4) is 0 Å². The van der Waals surface area contributed by atoms with Gasteiger partial charge in [-0.25, -0.2) is 9.78 Å². The minimum absolute atomic E-state index is 0.164. The minimum Gasteiger partial charge on any atom is -0.444 e. The second-order valence-corrected chi connectivity index (χ2v) is 5.72. The van der Waals surface area contributed by atoms with Crippen LogP contribution in [0.2, 0.25) is 0 Å². The third kappa shape index (κ3) is 6.42. The number of hydrogen-bond donors (Lipinski definition) is 4. The highest BCUT2D eigenvalue weighted by Gasteiger charge is 2.21. The zero-order valence-electron chi connectivity index (χ0n) is 12.5. The van der Waals surface area contributed by atoms with E-state index in [1.165, 1.54) is 0 Å². The van der Waals surface area contributed by atoms with Crippen molar-refractivity contribution in [2.75, 3.05) is 12.3 Å². The molecule has 118 valence electrons. The number of amides is 1. The maximum atomic E-state index is 11.4. The van der Waals surface area contributed by atoms with Crippen LogP contribution in [-0.4, -0.2) is 39.5 Å². The largest absolute Gasteiger partial charge is 0.444 e. The number of rotatable bonds is 5. The molecule has 0 fully saturated rings. The molecule has 21 heavy (non-hydrogen) atoms. The zero-order chi connectivity index (χ0) is 16.0. The molecule has 0 saturated heterocycles. The normalized spacial score (nSPS) is 14.3. The summed E-state index contributed by atoms with van der Waals surface area (Å²) in [6.45, 7) is 5.46. The van der Waals surface area contributed by atoms with Gasteiger partial charge in [-0.2, -0.15) is 0 Å². The summed E-state index contributed by atoms with van der Waals surface area (Å²) in [5.41, 5.74) is 5.23. The SMILES string of the molecule is CC(C)(C)OC(=O)NCCC(O)C(O)c1cccc(N)n1. The van der Waals surface area contributed by atoms with Crippen LogP contribution in [-0.2, 0) is 4.74 Å². The molecule has 7 nitrogen and oxygen atoms in total. The maximum absolute atomic E-state index is 11.4. The third-order valence-corrected chi connectivity index (χ3v) is 2.57. The average molecular weight is 297 g/mol. The number of carbonyl (C=O) groups excluding carboxylic acids is 1. The van der Waals surface area contributed by atoms with Gasteiger partial charge in [0.1, 0.15) is 17.5 Å². The van der Waals surface area contributed by atoms with Crippen molar-refractivity contribution in [2.45, 2.75) is 45.0 Å². The van der Waals surface area contributed by atoms with Gasteiger partial charge in [0.05, 0.1) is 11.8 Å². The van der Waals surface area contributed by atoms with Crippen LogP contribution in [0, 0.1) is 0 Å². The van der Waals surface area contributed by atoms with Crippen LogP contribution < -0.4 is 11.1 Å². The molecule has 7 heteroatoms. The Hall–Kier alpha value is -1.86. The van der Waals surface area contributed by atoms with Gasteiger partial charge in [-0.1, -0.05) is 6.07 Å². The van der Waals surface area contributed by atoms with Crippen LogP contribution in [0.25, 0.3) is 0 Å². The first-order valence-corrected chi connectivity index (χ1v) is 6.74. The molecule has 1 amide bonds. The number of carbonyl (C=O) groups is 1. The van der Waals surface area contributed by atoms with Crippen molar-refractivity contribution in [1.29, 1.82) is 0 Å². The van der Waals surface area contributed by atoms with Crippen molar-refractivity contribution in [2.24, 2.45) is 0 Å².